The van der Waals surface area contributed by atoms with Crippen molar-refractivity contribution in [2.24, 2.45) is 11.6 Å². The Hall–Kier alpha value is -3.03. The quantitative estimate of drug-likeness (QED) is 0.0869. The van der Waals surface area contributed by atoms with E-state index in [0.29, 0.717) is 37.9 Å². The fourth-order valence-electron chi connectivity index (χ4n) is 2.42. The summed E-state index contributed by atoms with van der Waals surface area (Å²) in [5.41, 5.74) is 8.48. The van der Waals surface area contributed by atoms with Crippen molar-refractivity contribution < 1.29 is 36.2 Å². The third-order valence-electron chi connectivity index (χ3n) is 5.06. The van der Waals surface area contributed by atoms with Crippen LogP contribution in [0.25, 0.3) is 0 Å². The maximum absolute atomic E-state index is 11.7. The van der Waals surface area contributed by atoms with Gasteiger partial charge in [0.2, 0.25) is 0 Å². The second-order valence-electron chi connectivity index (χ2n) is 8.28. The van der Waals surface area contributed by atoms with E-state index in [9.17, 15) is 31.1 Å². The van der Waals surface area contributed by atoms with E-state index in [-0.39, 0.29) is 5.91 Å². The molecule has 7 N–H and O–H groups in total. The summed E-state index contributed by atoms with van der Waals surface area (Å²) in [5.74, 6) is 6.03. The molecule has 0 aromatic heterocycles. The third kappa shape index (κ3) is 26.3. The number of carbonyl (C=O) groups excluding carboxylic acids is 1. The Balaban J connectivity index is -0.000000304. The van der Waals surface area contributed by atoms with Crippen LogP contribution in [0, 0.1) is 0 Å². The zero-order valence-corrected chi connectivity index (χ0v) is 27.0. The summed E-state index contributed by atoms with van der Waals surface area (Å²) < 4.78 is 66.8. The summed E-state index contributed by atoms with van der Waals surface area (Å²) in [7, 11) is 1.50. The number of benzene rings is 1. The number of nitrogens with zero attached hydrogens (tertiary/aromatic N) is 1. The summed E-state index contributed by atoms with van der Waals surface area (Å²) in [6, 6.07) is 7.75. The van der Waals surface area contributed by atoms with Crippen LogP contribution in [-0.2, 0) is 0 Å². The summed E-state index contributed by atoms with van der Waals surface area (Å²) in [5, 5.41) is 14.7. The molecule has 0 atom stereocenters. The SMILES string of the molecule is C/C(=C\CC(F)(F)F)C(F)F.C/C=C\C.CC.CCNC(=O)c1ccc(N(N)/C(C)=C(\N)CNC2CC2)cc1.CF.CO. The van der Waals surface area contributed by atoms with Gasteiger partial charge in [-0.1, -0.05) is 32.1 Å². The van der Waals surface area contributed by atoms with Crippen LogP contribution in [0.3, 0.4) is 0 Å². The van der Waals surface area contributed by atoms with Gasteiger partial charge in [-0.3, -0.25) is 14.2 Å². The Morgan fingerprint density at radius 2 is 1.53 bits per heavy atom. The number of aliphatic hydroxyl groups is 1. The molecule has 0 aliphatic heterocycles. The fourth-order valence-corrected chi connectivity index (χ4v) is 2.42. The van der Waals surface area contributed by atoms with Crippen molar-refractivity contribution in [2.75, 3.05) is 32.4 Å². The predicted octanol–water partition coefficient (Wildman–Crippen LogP) is 7.01. The number of nitrogens with one attached hydrogen (secondary N) is 2. The number of aliphatic hydroxyl groups excluding tert-OH is 1. The zero-order valence-electron chi connectivity index (χ0n) is 27.0. The molecule has 0 spiro atoms. The number of rotatable bonds is 9. The molecule has 1 aromatic rings. The highest BCUT2D eigenvalue weighted by atomic mass is 19.4. The first-order valence-corrected chi connectivity index (χ1v) is 13.8. The van der Waals surface area contributed by atoms with E-state index in [1.165, 1.54) is 12.8 Å². The molecule has 43 heavy (non-hydrogen) atoms. The number of alkyl halides is 6. The van der Waals surface area contributed by atoms with E-state index >= 15 is 0 Å². The third-order valence-corrected chi connectivity index (χ3v) is 5.06. The van der Waals surface area contributed by atoms with E-state index < -0.39 is 24.6 Å². The highest BCUT2D eigenvalue weighted by Crippen LogP contribution is 2.22. The van der Waals surface area contributed by atoms with Gasteiger partial charge in [-0.2, -0.15) is 13.2 Å². The summed E-state index contributed by atoms with van der Waals surface area (Å²) in [6.45, 7) is 14.0. The molecule has 252 valence electrons. The molecular formula is C30H53F6N5O2. The van der Waals surface area contributed by atoms with Gasteiger partial charge in [0, 0.05) is 37.5 Å². The lowest BCUT2D eigenvalue weighted by atomic mass is 10.2. The Morgan fingerprint density at radius 3 is 1.88 bits per heavy atom. The maximum Gasteiger partial charge on any atom is 0.392 e. The van der Waals surface area contributed by atoms with Crippen molar-refractivity contribution in [3.63, 3.8) is 0 Å². The standard InChI is InChI=1S/C16H25N5O.C6H7F5.C4H8.C2H6.CH3F.CH4O/c1-3-19-16(22)12-4-8-14(9-5-12)21(18)11(2)15(17)10-20-13-6-7-13;1-4(5(7)8)2-3-6(9,10)11;1-3-4-2;3*1-2/h4-5,8-9,13,20H,3,6-7,10,17-18H2,1-2H3,(H,19,22);2,5H,3H2,1H3;3-4H,1-2H3;1-2H3;1H3;2H,1H3/b15-11-;4-2+;4-3-;;;. The maximum atomic E-state index is 11.7. The molecule has 2 rings (SSSR count). The Labute approximate surface area is 254 Å². The molecular weight excluding hydrogens is 576 g/mol. The van der Waals surface area contributed by atoms with Gasteiger partial charge in [-0.15, -0.1) is 0 Å². The monoisotopic (exact) mass is 629 g/mol. The summed E-state index contributed by atoms with van der Waals surface area (Å²) >= 11 is 0. The van der Waals surface area contributed by atoms with Gasteiger partial charge < -0.3 is 21.5 Å². The number of halogens is 6. The lowest BCUT2D eigenvalue weighted by molar-refractivity contribution is -0.125. The molecule has 1 aliphatic rings. The lowest BCUT2D eigenvalue weighted by Gasteiger charge is -2.22. The van der Waals surface area contributed by atoms with Gasteiger partial charge in [0.1, 0.15) is 0 Å². The van der Waals surface area contributed by atoms with Crippen molar-refractivity contribution in [1.82, 2.24) is 10.6 Å². The zero-order chi connectivity index (χ0) is 34.6. The molecule has 0 unspecified atom stereocenters. The van der Waals surface area contributed by atoms with Crippen molar-refractivity contribution in [3.05, 3.63) is 65.0 Å². The average Bonchev–Trinajstić information content (AvgIpc) is 3.86. The molecule has 1 saturated carbocycles. The number of carbonyl (C=O) groups is 1. The van der Waals surface area contributed by atoms with Crippen LogP contribution in [0.15, 0.2) is 59.5 Å². The molecule has 1 aliphatic carbocycles. The number of nitrogens with two attached hydrogens (primary N) is 2. The van der Waals surface area contributed by atoms with Crippen molar-refractivity contribution in [1.29, 1.82) is 0 Å². The minimum Gasteiger partial charge on any atom is -0.400 e. The molecule has 1 fully saturated rings. The number of hydrogen-bond acceptors (Lipinski definition) is 6. The van der Waals surface area contributed by atoms with Gasteiger partial charge in [0.25, 0.3) is 12.3 Å². The Bertz CT molecular complexity index is 897. The van der Waals surface area contributed by atoms with Gasteiger partial charge in [-0.05, 0) is 77.3 Å². The Morgan fingerprint density at radius 1 is 1.07 bits per heavy atom. The number of allylic oxidation sites excluding steroid dienone is 5. The van der Waals surface area contributed by atoms with Crippen LogP contribution in [0.4, 0.5) is 32.0 Å². The van der Waals surface area contributed by atoms with E-state index in [2.05, 4.69) is 10.6 Å². The van der Waals surface area contributed by atoms with E-state index in [1.807, 2.05) is 65.8 Å². The number of hydrogen-bond donors (Lipinski definition) is 5. The molecule has 13 heteroatoms. The smallest absolute Gasteiger partial charge is 0.392 e. The lowest BCUT2D eigenvalue weighted by Crippen LogP contribution is -2.34. The van der Waals surface area contributed by atoms with Gasteiger partial charge in [0.15, 0.2) is 0 Å². The van der Waals surface area contributed by atoms with Crippen molar-refractivity contribution >= 4 is 11.6 Å². The second-order valence-corrected chi connectivity index (χ2v) is 8.28. The van der Waals surface area contributed by atoms with Crippen LogP contribution in [0.5, 0.6) is 0 Å². The normalized spacial score (nSPS) is 12.7. The van der Waals surface area contributed by atoms with E-state index in [0.717, 1.165) is 31.1 Å². The van der Waals surface area contributed by atoms with Crippen LogP contribution >= 0.6 is 0 Å². The largest absolute Gasteiger partial charge is 0.400 e. The minimum absolute atomic E-state index is 0.0852. The first-order chi connectivity index (χ1) is 20.3. The molecule has 0 saturated heterocycles. The fraction of sp³-hybridized carbons (Fsp3) is 0.567. The highest BCUT2D eigenvalue weighted by Gasteiger charge is 2.25. The van der Waals surface area contributed by atoms with Gasteiger partial charge in [-0.25, -0.2) is 14.6 Å². The molecule has 0 bridgehead atoms. The first kappa shape index (κ1) is 46.9. The van der Waals surface area contributed by atoms with E-state index in [4.69, 9.17) is 16.7 Å². The van der Waals surface area contributed by atoms with Crippen LogP contribution in [0.2, 0.25) is 0 Å². The highest BCUT2D eigenvalue weighted by molar-refractivity contribution is 5.94. The first-order valence-electron chi connectivity index (χ1n) is 13.8. The van der Waals surface area contributed by atoms with Crippen LogP contribution in [0.1, 0.15) is 78.1 Å². The summed E-state index contributed by atoms with van der Waals surface area (Å²) in [4.78, 5) is 11.7. The molecule has 7 nitrogen and oxygen atoms in total. The predicted molar refractivity (Wildman–Crippen MR) is 166 cm³/mol. The number of anilines is 1. The number of hydrazine groups is 1. The van der Waals surface area contributed by atoms with Gasteiger partial charge >= 0.3 is 6.18 Å². The second kappa shape index (κ2) is 29.1. The van der Waals surface area contributed by atoms with E-state index in [1.54, 1.807) is 17.1 Å². The average molecular weight is 630 g/mol. The van der Waals surface area contributed by atoms with Crippen molar-refractivity contribution in [3.8, 4) is 0 Å². The van der Waals surface area contributed by atoms with Crippen LogP contribution in [-0.4, -0.2) is 57.0 Å². The molecule has 0 radical (unpaired) electrons. The molecule has 1 amide bonds. The van der Waals surface area contributed by atoms with Crippen molar-refractivity contribution in [2.45, 2.75) is 86.4 Å². The molecule has 0 heterocycles. The Kier molecular flexibility index (Phi) is 31.7. The molecule has 1 aromatic carbocycles. The topological polar surface area (TPSA) is 117 Å². The minimum atomic E-state index is -4.39. The number of amides is 1. The van der Waals surface area contributed by atoms with Gasteiger partial charge in [0.05, 0.1) is 25.0 Å². The van der Waals surface area contributed by atoms with Crippen LogP contribution < -0.4 is 27.2 Å². The summed E-state index contributed by atoms with van der Waals surface area (Å²) in [6.07, 6.45) is -1.54.